The lowest BCUT2D eigenvalue weighted by Gasteiger charge is -2.08. The molecule has 0 aliphatic heterocycles. The Kier molecular flexibility index (Phi) is 4.49. The summed E-state index contributed by atoms with van der Waals surface area (Å²) in [5.74, 6) is -0.258. The summed E-state index contributed by atoms with van der Waals surface area (Å²) < 4.78 is 0. The number of para-hydroxylation sites is 1. The number of nitrogens with one attached hydrogen (secondary N) is 1. The molecule has 2 aromatic heterocycles. The first-order chi connectivity index (χ1) is 12.8. The fourth-order valence-corrected chi connectivity index (χ4v) is 3.38. The van der Waals surface area contributed by atoms with Crippen molar-refractivity contribution in [3.63, 3.8) is 0 Å². The molecule has 0 aliphatic carbocycles. The summed E-state index contributed by atoms with van der Waals surface area (Å²) in [7, 11) is 0. The van der Waals surface area contributed by atoms with Gasteiger partial charge in [-0.05, 0) is 24.3 Å². The van der Waals surface area contributed by atoms with Gasteiger partial charge in [-0.25, -0.2) is 0 Å². The van der Waals surface area contributed by atoms with E-state index in [0.29, 0.717) is 11.4 Å². The maximum absolute atomic E-state index is 12.4. The minimum atomic E-state index is -0.258. The average molecular weight is 358 g/mol. The summed E-state index contributed by atoms with van der Waals surface area (Å²) in [5, 5.41) is 13.1. The summed E-state index contributed by atoms with van der Waals surface area (Å²) >= 11 is 1.49. The van der Waals surface area contributed by atoms with Crippen molar-refractivity contribution in [1.82, 2.24) is 15.2 Å². The van der Waals surface area contributed by atoms with Crippen molar-refractivity contribution in [3.8, 4) is 21.1 Å². The molecule has 1 amide bonds. The molecule has 2 aromatic carbocycles. The average Bonchev–Trinajstić information content (AvgIpc) is 3.20. The standard InChI is InChI=1S/C20H14N4OS/c25-18(17-12-6-7-13-21-17)22-16-11-5-4-10-15(16)20-24-23-19(26-20)14-8-2-1-3-9-14/h1-13H,(H,22,25). The number of hydrogen-bond donors (Lipinski definition) is 1. The first kappa shape index (κ1) is 16.1. The number of carbonyl (C=O) groups excluding carboxylic acids is 1. The Hall–Kier alpha value is -3.38. The molecule has 0 aliphatic rings. The van der Waals surface area contributed by atoms with E-state index in [1.54, 1.807) is 24.4 Å². The number of benzene rings is 2. The third-order valence-corrected chi connectivity index (χ3v) is 4.75. The van der Waals surface area contributed by atoms with Crippen LogP contribution in [-0.4, -0.2) is 21.1 Å². The normalized spacial score (nSPS) is 10.5. The zero-order valence-corrected chi connectivity index (χ0v) is 14.5. The summed E-state index contributed by atoms with van der Waals surface area (Å²) in [6.45, 7) is 0. The molecule has 126 valence electrons. The van der Waals surface area contributed by atoms with Crippen LogP contribution in [0.25, 0.3) is 21.1 Å². The lowest BCUT2D eigenvalue weighted by molar-refractivity contribution is 0.102. The van der Waals surface area contributed by atoms with Gasteiger partial charge in [0.05, 0.1) is 5.69 Å². The van der Waals surface area contributed by atoms with Gasteiger partial charge in [0.15, 0.2) is 0 Å². The number of pyridine rings is 1. The summed E-state index contributed by atoms with van der Waals surface area (Å²) in [5.41, 5.74) is 2.89. The maximum atomic E-state index is 12.4. The monoisotopic (exact) mass is 358 g/mol. The highest BCUT2D eigenvalue weighted by atomic mass is 32.1. The Morgan fingerprint density at radius 3 is 2.35 bits per heavy atom. The lowest BCUT2D eigenvalue weighted by atomic mass is 10.2. The van der Waals surface area contributed by atoms with E-state index < -0.39 is 0 Å². The molecule has 5 nitrogen and oxygen atoms in total. The van der Waals surface area contributed by atoms with Gasteiger partial charge in [0.2, 0.25) is 0 Å². The van der Waals surface area contributed by atoms with Crippen molar-refractivity contribution in [2.45, 2.75) is 0 Å². The first-order valence-electron chi connectivity index (χ1n) is 8.02. The van der Waals surface area contributed by atoms with Gasteiger partial charge in [-0.1, -0.05) is 59.9 Å². The second-order valence-electron chi connectivity index (χ2n) is 5.49. The highest BCUT2D eigenvalue weighted by Gasteiger charge is 2.14. The number of carbonyl (C=O) groups is 1. The molecule has 0 bridgehead atoms. The van der Waals surface area contributed by atoms with E-state index in [9.17, 15) is 4.79 Å². The van der Waals surface area contributed by atoms with E-state index in [1.165, 1.54) is 11.3 Å². The molecule has 2 heterocycles. The van der Waals surface area contributed by atoms with Crippen LogP contribution in [0.3, 0.4) is 0 Å². The van der Waals surface area contributed by atoms with Gasteiger partial charge < -0.3 is 5.32 Å². The number of anilines is 1. The van der Waals surface area contributed by atoms with Crippen molar-refractivity contribution in [1.29, 1.82) is 0 Å². The van der Waals surface area contributed by atoms with Crippen LogP contribution in [0.4, 0.5) is 5.69 Å². The van der Waals surface area contributed by atoms with Gasteiger partial charge >= 0.3 is 0 Å². The molecule has 6 heteroatoms. The van der Waals surface area contributed by atoms with Crippen molar-refractivity contribution in [2.24, 2.45) is 0 Å². The van der Waals surface area contributed by atoms with Crippen molar-refractivity contribution in [3.05, 3.63) is 84.7 Å². The quantitative estimate of drug-likeness (QED) is 0.582. The molecule has 26 heavy (non-hydrogen) atoms. The van der Waals surface area contributed by atoms with Crippen LogP contribution < -0.4 is 5.32 Å². The number of amides is 1. The summed E-state index contributed by atoms with van der Waals surface area (Å²) in [6, 6.07) is 22.7. The third kappa shape index (κ3) is 3.36. The Balaban J connectivity index is 1.64. The van der Waals surface area contributed by atoms with Gasteiger partial charge in [-0.15, -0.1) is 10.2 Å². The summed E-state index contributed by atoms with van der Waals surface area (Å²) in [6.07, 6.45) is 1.59. The van der Waals surface area contributed by atoms with E-state index in [1.807, 2.05) is 54.6 Å². The zero-order valence-electron chi connectivity index (χ0n) is 13.7. The first-order valence-corrected chi connectivity index (χ1v) is 8.83. The third-order valence-electron chi connectivity index (χ3n) is 3.75. The molecular formula is C20H14N4OS. The Morgan fingerprint density at radius 2 is 1.54 bits per heavy atom. The van der Waals surface area contributed by atoms with Gasteiger partial charge in [0.1, 0.15) is 15.7 Å². The molecule has 1 N–H and O–H groups in total. The molecular weight excluding hydrogens is 344 g/mol. The highest BCUT2D eigenvalue weighted by Crippen LogP contribution is 2.33. The molecule has 0 fully saturated rings. The number of aromatic nitrogens is 3. The lowest BCUT2D eigenvalue weighted by Crippen LogP contribution is -2.13. The molecule has 0 atom stereocenters. The van der Waals surface area contributed by atoms with E-state index in [2.05, 4.69) is 20.5 Å². The van der Waals surface area contributed by atoms with Crippen molar-refractivity contribution < 1.29 is 4.79 Å². The van der Waals surface area contributed by atoms with E-state index in [-0.39, 0.29) is 5.91 Å². The van der Waals surface area contributed by atoms with Gasteiger partial charge in [0, 0.05) is 17.3 Å². The second-order valence-corrected chi connectivity index (χ2v) is 6.47. The van der Waals surface area contributed by atoms with Crippen LogP contribution in [0.1, 0.15) is 10.5 Å². The highest BCUT2D eigenvalue weighted by molar-refractivity contribution is 7.18. The predicted octanol–water partition coefficient (Wildman–Crippen LogP) is 4.52. The van der Waals surface area contributed by atoms with Gasteiger partial charge in [-0.3, -0.25) is 9.78 Å². The molecule has 0 radical (unpaired) electrons. The number of nitrogens with zero attached hydrogens (tertiary/aromatic N) is 3. The number of hydrogen-bond acceptors (Lipinski definition) is 5. The van der Waals surface area contributed by atoms with Crippen LogP contribution in [0.15, 0.2) is 79.0 Å². The van der Waals surface area contributed by atoms with E-state index >= 15 is 0 Å². The maximum Gasteiger partial charge on any atom is 0.274 e. The minimum absolute atomic E-state index is 0.258. The van der Waals surface area contributed by atoms with Crippen molar-refractivity contribution in [2.75, 3.05) is 5.32 Å². The second kappa shape index (κ2) is 7.25. The Bertz CT molecular complexity index is 1030. The van der Waals surface area contributed by atoms with Crippen LogP contribution >= 0.6 is 11.3 Å². The Morgan fingerprint density at radius 1 is 0.808 bits per heavy atom. The van der Waals surface area contributed by atoms with Gasteiger partial charge in [0.25, 0.3) is 5.91 Å². The molecule has 0 saturated carbocycles. The van der Waals surface area contributed by atoms with E-state index in [4.69, 9.17) is 0 Å². The van der Waals surface area contributed by atoms with Crippen LogP contribution in [0.2, 0.25) is 0 Å². The van der Waals surface area contributed by atoms with Gasteiger partial charge in [-0.2, -0.15) is 0 Å². The SMILES string of the molecule is O=C(Nc1ccccc1-c1nnc(-c2ccccc2)s1)c1ccccn1. The number of rotatable bonds is 4. The fraction of sp³-hybridized carbons (Fsp3) is 0. The van der Waals surface area contributed by atoms with Crippen molar-refractivity contribution >= 4 is 22.9 Å². The van der Waals surface area contributed by atoms with Crippen LogP contribution in [0, 0.1) is 0 Å². The largest absolute Gasteiger partial charge is 0.320 e. The predicted molar refractivity (Wildman–Crippen MR) is 103 cm³/mol. The smallest absolute Gasteiger partial charge is 0.274 e. The molecule has 4 rings (SSSR count). The molecule has 0 saturated heterocycles. The van der Waals surface area contributed by atoms with E-state index in [0.717, 1.165) is 21.1 Å². The van der Waals surface area contributed by atoms with Crippen LogP contribution in [0.5, 0.6) is 0 Å². The zero-order chi connectivity index (χ0) is 17.8. The fourth-order valence-electron chi connectivity index (χ4n) is 2.49. The molecule has 0 spiro atoms. The van der Waals surface area contributed by atoms with Crippen LogP contribution in [-0.2, 0) is 0 Å². The summed E-state index contributed by atoms with van der Waals surface area (Å²) in [4.78, 5) is 16.5. The minimum Gasteiger partial charge on any atom is -0.320 e. The molecule has 0 unspecified atom stereocenters. The molecule has 4 aromatic rings. The topological polar surface area (TPSA) is 67.8 Å². The Labute approximate surface area is 154 Å².